The molecule has 0 bridgehead atoms. The maximum Gasteiger partial charge on any atom is 0.0461 e. The zero-order chi connectivity index (χ0) is 21.7. The molecule has 1 nitrogen and oxygen atoms in total. The number of benzene rings is 3. The lowest BCUT2D eigenvalue weighted by atomic mass is 9.86. The van der Waals surface area contributed by atoms with Crippen LogP contribution in [0.2, 0.25) is 0 Å². The van der Waals surface area contributed by atoms with Gasteiger partial charge in [-0.05, 0) is 58.4 Å². The minimum absolute atomic E-state index is 0.157. The molecule has 29 heavy (non-hydrogen) atoms. The van der Waals surface area contributed by atoms with Gasteiger partial charge in [-0.25, -0.2) is 0 Å². The molecule has 0 saturated heterocycles. The Bertz CT molecular complexity index is 803. The first-order valence-electron chi connectivity index (χ1n) is 10.7. The van der Waals surface area contributed by atoms with Crippen LogP contribution < -0.4 is 4.90 Å². The first-order valence-corrected chi connectivity index (χ1v) is 10.7. The fourth-order valence-corrected chi connectivity index (χ4v) is 3.25. The summed E-state index contributed by atoms with van der Waals surface area (Å²) in [6, 6.07) is 28.5. The van der Waals surface area contributed by atoms with Crippen molar-refractivity contribution in [1.82, 2.24) is 0 Å². The summed E-state index contributed by atoms with van der Waals surface area (Å²) in [5, 5.41) is 0. The van der Waals surface area contributed by atoms with Gasteiger partial charge >= 0.3 is 0 Å². The Labute approximate surface area is 178 Å². The summed E-state index contributed by atoms with van der Waals surface area (Å²) >= 11 is 0. The minimum Gasteiger partial charge on any atom is -0.311 e. The molecule has 154 valence electrons. The van der Waals surface area contributed by atoms with Crippen molar-refractivity contribution in [2.24, 2.45) is 0 Å². The lowest BCUT2D eigenvalue weighted by Gasteiger charge is -2.28. The molecule has 0 saturated carbocycles. The fraction of sp³-hybridized carbons (Fsp3) is 0.357. The first-order chi connectivity index (χ1) is 13.7. The molecule has 0 heterocycles. The van der Waals surface area contributed by atoms with E-state index in [1.54, 1.807) is 0 Å². The van der Waals surface area contributed by atoms with E-state index in [0.29, 0.717) is 0 Å². The highest BCUT2D eigenvalue weighted by Gasteiger charge is 2.18. The van der Waals surface area contributed by atoms with E-state index in [1.807, 2.05) is 13.8 Å². The van der Waals surface area contributed by atoms with Crippen molar-refractivity contribution >= 4 is 17.1 Å². The minimum atomic E-state index is 0.157. The van der Waals surface area contributed by atoms with Crippen molar-refractivity contribution in [2.75, 3.05) is 4.90 Å². The van der Waals surface area contributed by atoms with Crippen molar-refractivity contribution in [1.29, 1.82) is 0 Å². The van der Waals surface area contributed by atoms with E-state index in [9.17, 15) is 0 Å². The van der Waals surface area contributed by atoms with Gasteiger partial charge in [0, 0.05) is 17.1 Å². The highest BCUT2D eigenvalue weighted by Crippen LogP contribution is 2.36. The average Bonchev–Trinajstić information content (AvgIpc) is 2.70. The largest absolute Gasteiger partial charge is 0.311 e. The summed E-state index contributed by atoms with van der Waals surface area (Å²) in [6.45, 7) is 17.5. The molecule has 0 fully saturated rings. The Hall–Kier alpha value is -2.54. The van der Waals surface area contributed by atoms with Gasteiger partial charge in [-0.2, -0.15) is 0 Å². The molecule has 0 unspecified atom stereocenters. The Balaban J connectivity index is 0.00000145. The standard InChI is InChI=1S/C26H31N.C2H6/c1-25(2,3)20-12-16-23(17-13-20)27(22-10-8-7-9-11-22)24-18-14-21(15-19-24)26(4,5)6;1-2/h7-19H,1-6H3;1-2H3. The summed E-state index contributed by atoms with van der Waals surface area (Å²) in [4.78, 5) is 2.32. The third-order valence-electron chi connectivity index (χ3n) is 5.00. The lowest BCUT2D eigenvalue weighted by Crippen LogP contribution is -2.14. The van der Waals surface area contributed by atoms with Crippen LogP contribution in [0.3, 0.4) is 0 Å². The van der Waals surface area contributed by atoms with Gasteiger partial charge < -0.3 is 4.90 Å². The Morgan fingerprint density at radius 1 is 0.448 bits per heavy atom. The predicted octanol–water partition coefficient (Wildman–Crippen LogP) is 8.78. The SMILES string of the molecule is CC.CC(C)(C)c1ccc(N(c2ccccc2)c2ccc(C(C)(C)C)cc2)cc1. The molecule has 0 radical (unpaired) electrons. The summed E-state index contributed by atoms with van der Waals surface area (Å²) in [6.07, 6.45) is 0. The first kappa shape index (κ1) is 22.7. The molecule has 0 aliphatic rings. The van der Waals surface area contributed by atoms with Gasteiger partial charge in [-0.15, -0.1) is 0 Å². The molecule has 3 aromatic rings. The number of hydrogen-bond donors (Lipinski definition) is 0. The van der Waals surface area contributed by atoms with E-state index in [0.717, 1.165) is 0 Å². The maximum atomic E-state index is 2.32. The average molecular weight is 388 g/mol. The van der Waals surface area contributed by atoms with Gasteiger partial charge in [0.25, 0.3) is 0 Å². The molecule has 3 rings (SSSR count). The molecule has 0 aliphatic carbocycles. The molecule has 0 atom stereocenters. The molecule has 0 N–H and O–H groups in total. The van der Waals surface area contributed by atoms with Crippen LogP contribution in [-0.2, 0) is 10.8 Å². The van der Waals surface area contributed by atoms with Crippen LogP contribution in [0.1, 0.15) is 66.5 Å². The van der Waals surface area contributed by atoms with Gasteiger partial charge in [0.1, 0.15) is 0 Å². The summed E-state index contributed by atoms with van der Waals surface area (Å²) in [5.74, 6) is 0. The second kappa shape index (κ2) is 9.31. The number of nitrogens with zero attached hydrogens (tertiary/aromatic N) is 1. The van der Waals surface area contributed by atoms with E-state index < -0.39 is 0 Å². The third kappa shape index (κ3) is 5.73. The normalized spacial score (nSPS) is 11.4. The van der Waals surface area contributed by atoms with E-state index in [4.69, 9.17) is 0 Å². The molecule has 0 aliphatic heterocycles. The predicted molar refractivity (Wildman–Crippen MR) is 130 cm³/mol. The van der Waals surface area contributed by atoms with Crippen molar-refractivity contribution in [2.45, 2.75) is 66.2 Å². The van der Waals surface area contributed by atoms with Crippen molar-refractivity contribution in [3.05, 3.63) is 90.0 Å². The summed E-state index contributed by atoms with van der Waals surface area (Å²) in [5.41, 5.74) is 6.54. The molecular weight excluding hydrogens is 350 g/mol. The number of hydrogen-bond acceptors (Lipinski definition) is 1. The zero-order valence-corrected chi connectivity index (χ0v) is 19.5. The summed E-state index contributed by atoms with van der Waals surface area (Å²) in [7, 11) is 0. The molecular formula is C28H37N. The molecule has 0 aromatic heterocycles. The topological polar surface area (TPSA) is 3.24 Å². The third-order valence-corrected chi connectivity index (χ3v) is 5.00. The number of anilines is 3. The van der Waals surface area contributed by atoms with Crippen LogP contribution in [-0.4, -0.2) is 0 Å². The Kier molecular flexibility index (Phi) is 7.30. The van der Waals surface area contributed by atoms with Crippen LogP contribution >= 0.6 is 0 Å². The van der Waals surface area contributed by atoms with Crippen LogP contribution in [0.25, 0.3) is 0 Å². The van der Waals surface area contributed by atoms with Crippen LogP contribution in [0, 0.1) is 0 Å². The second-order valence-electron chi connectivity index (χ2n) is 9.26. The smallest absolute Gasteiger partial charge is 0.0461 e. The van der Waals surface area contributed by atoms with Gasteiger partial charge in [0.2, 0.25) is 0 Å². The number of rotatable bonds is 3. The Morgan fingerprint density at radius 2 is 0.759 bits per heavy atom. The maximum absolute atomic E-state index is 2.32. The van der Waals surface area contributed by atoms with Crippen molar-refractivity contribution < 1.29 is 0 Å². The highest BCUT2D eigenvalue weighted by molar-refractivity contribution is 5.76. The van der Waals surface area contributed by atoms with Crippen LogP contribution in [0.15, 0.2) is 78.9 Å². The van der Waals surface area contributed by atoms with Gasteiger partial charge in [0.15, 0.2) is 0 Å². The van der Waals surface area contributed by atoms with E-state index in [1.165, 1.54) is 28.2 Å². The summed E-state index contributed by atoms with van der Waals surface area (Å²) < 4.78 is 0. The lowest BCUT2D eigenvalue weighted by molar-refractivity contribution is 0.590. The van der Waals surface area contributed by atoms with E-state index >= 15 is 0 Å². The molecule has 1 heteroatoms. The van der Waals surface area contributed by atoms with Crippen LogP contribution in [0.4, 0.5) is 17.1 Å². The van der Waals surface area contributed by atoms with Crippen LogP contribution in [0.5, 0.6) is 0 Å². The van der Waals surface area contributed by atoms with E-state index in [-0.39, 0.29) is 10.8 Å². The zero-order valence-electron chi connectivity index (χ0n) is 19.5. The monoisotopic (exact) mass is 387 g/mol. The van der Waals surface area contributed by atoms with Gasteiger partial charge in [0.05, 0.1) is 0 Å². The quantitative estimate of drug-likeness (QED) is 0.434. The number of para-hydroxylation sites is 1. The second-order valence-corrected chi connectivity index (χ2v) is 9.26. The molecule has 0 spiro atoms. The molecule has 3 aromatic carbocycles. The fourth-order valence-electron chi connectivity index (χ4n) is 3.25. The van der Waals surface area contributed by atoms with Gasteiger partial charge in [-0.1, -0.05) is 97.9 Å². The highest BCUT2D eigenvalue weighted by atomic mass is 15.1. The van der Waals surface area contributed by atoms with Gasteiger partial charge in [-0.3, -0.25) is 0 Å². The molecule has 0 amide bonds. The van der Waals surface area contributed by atoms with Crippen molar-refractivity contribution in [3.63, 3.8) is 0 Å². The Morgan fingerprint density at radius 3 is 1.07 bits per heavy atom. The van der Waals surface area contributed by atoms with E-state index in [2.05, 4.69) is 125 Å². The van der Waals surface area contributed by atoms with Crippen molar-refractivity contribution in [3.8, 4) is 0 Å².